The van der Waals surface area contributed by atoms with Gasteiger partial charge in [0.2, 0.25) is 0 Å². The molecule has 57 heavy (non-hydrogen) atoms. The third-order valence-electron chi connectivity index (χ3n) is 11.2. The van der Waals surface area contributed by atoms with Crippen molar-refractivity contribution in [1.82, 2.24) is 0 Å². The van der Waals surface area contributed by atoms with Crippen LogP contribution in [-0.4, -0.2) is 59.3 Å². The van der Waals surface area contributed by atoms with E-state index in [1.54, 1.807) is 0 Å². The van der Waals surface area contributed by atoms with Gasteiger partial charge >= 0.3 is 5.97 Å². The zero-order valence-electron chi connectivity index (χ0n) is 33.8. The Labute approximate surface area is 337 Å². The number of carbonyl (C=O) groups excluding carboxylic acids is 3. The summed E-state index contributed by atoms with van der Waals surface area (Å²) < 4.78 is 30.2. The van der Waals surface area contributed by atoms with E-state index < -0.39 is 30.4 Å². The van der Waals surface area contributed by atoms with Gasteiger partial charge in [-0.3, -0.25) is 14.4 Å². The lowest BCUT2D eigenvalue weighted by Gasteiger charge is -2.43. The number of Topliss-reactive ketones (excluding diaryl/α,β-unsaturated/α-hetero) is 2. The lowest BCUT2D eigenvalue weighted by atomic mass is 9.73. The van der Waals surface area contributed by atoms with Crippen LogP contribution >= 0.6 is 0 Å². The van der Waals surface area contributed by atoms with Crippen LogP contribution in [0.15, 0.2) is 121 Å². The Balaban J connectivity index is 0.000000219. The maximum absolute atomic E-state index is 13.1. The van der Waals surface area contributed by atoms with E-state index in [-0.39, 0.29) is 47.4 Å². The molecule has 0 bridgehead atoms. The molecule has 2 saturated carbocycles. The number of aliphatic hydroxyl groups is 1. The van der Waals surface area contributed by atoms with E-state index in [0.29, 0.717) is 39.3 Å². The summed E-state index contributed by atoms with van der Waals surface area (Å²) in [5, 5.41) is 10.6. The number of aliphatic hydroxyl groups excluding tert-OH is 1. The Hall–Kier alpha value is -4.51. The number of rotatable bonds is 15. The molecule has 4 aromatic rings. The Morgan fingerprint density at radius 3 is 1.18 bits per heavy atom. The van der Waals surface area contributed by atoms with E-state index in [0.717, 1.165) is 22.3 Å². The number of ether oxygens (including phenoxy) is 5. The standard InChI is InChI=1S/C25H30O5.C23H28O4/c1-4-21-17(2)23(28-15-19-11-7-5-8-12-19)25(24(22(21)27)30-18(3)26)29-16-20-13-9-6-10-14-20;1-3-19-16(2)22(26-14-17-10-6-4-7-11-17)23(21(25)20(19)24)27-15-18-12-8-5-9-13-18/h5-14,17,21,23-25H,4,15-16H2,1-3H3;4-13,16,19,21-23,25H,3,14-15H2,1-2H3/t17-,21-,23+,24-,25-;16-,19-,21-,22+,23+/m11/s1. The van der Waals surface area contributed by atoms with Gasteiger partial charge in [-0.2, -0.15) is 0 Å². The van der Waals surface area contributed by atoms with Gasteiger partial charge in [0.25, 0.3) is 0 Å². The fourth-order valence-electron chi connectivity index (χ4n) is 8.06. The first-order valence-electron chi connectivity index (χ1n) is 20.2. The quantitative estimate of drug-likeness (QED) is 0.120. The Morgan fingerprint density at radius 2 is 0.825 bits per heavy atom. The van der Waals surface area contributed by atoms with Crippen molar-refractivity contribution in [3.8, 4) is 0 Å². The number of ketones is 2. The Kier molecular flexibility index (Phi) is 16.7. The van der Waals surface area contributed by atoms with Crippen molar-refractivity contribution in [2.24, 2.45) is 23.7 Å². The molecule has 0 heterocycles. The van der Waals surface area contributed by atoms with Gasteiger partial charge in [-0.25, -0.2) is 0 Å². The predicted octanol–water partition coefficient (Wildman–Crippen LogP) is 8.10. The molecule has 4 aromatic carbocycles. The second kappa shape index (κ2) is 21.9. The molecular formula is C48H58O9. The van der Waals surface area contributed by atoms with Crippen molar-refractivity contribution in [3.05, 3.63) is 144 Å². The molecule has 0 unspecified atom stereocenters. The second-order valence-electron chi connectivity index (χ2n) is 15.1. The van der Waals surface area contributed by atoms with Crippen LogP contribution in [0.5, 0.6) is 0 Å². The van der Waals surface area contributed by atoms with Crippen LogP contribution in [0.3, 0.4) is 0 Å². The molecule has 1 N–H and O–H groups in total. The molecule has 9 heteroatoms. The van der Waals surface area contributed by atoms with Crippen molar-refractivity contribution in [1.29, 1.82) is 0 Å². The number of carbonyl (C=O) groups is 3. The van der Waals surface area contributed by atoms with Crippen LogP contribution < -0.4 is 0 Å². The SMILES string of the molecule is CC[C@H]1C(=O)[C@@H](O)[C@H](OCc2ccccc2)[C@@H](OCc2ccccc2)[C@@H]1C.CC[C@H]1C(=O)[C@@H](OC(C)=O)[C@H](OCc2ccccc2)[C@@H](OCc2ccccc2)[C@@H]1C. The highest BCUT2D eigenvalue weighted by atomic mass is 16.6. The van der Waals surface area contributed by atoms with Crippen LogP contribution in [0.25, 0.3) is 0 Å². The average molecular weight is 779 g/mol. The third-order valence-corrected chi connectivity index (χ3v) is 11.2. The van der Waals surface area contributed by atoms with Crippen molar-refractivity contribution in [2.75, 3.05) is 0 Å². The second-order valence-corrected chi connectivity index (χ2v) is 15.1. The molecule has 0 radical (unpaired) electrons. The molecular weight excluding hydrogens is 721 g/mol. The van der Waals surface area contributed by atoms with E-state index >= 15 is 0 Å². The highest BCUT2D eigenvalue weighted by Gasteiger charge is 2.51. The maximum Gasteiger partial charge on any atom is 0.303 e. The summed E-state index contributed by atoms with van der Waals surface area (Å²) >= 11 is 0. The summed E-state index contributed by atoms with van der Waals surface area (Å²) in [5.74, 6) is -1.24. The van der Waals surface area contributed by atoms with E-state index in [1.807, 2.05) is 149 Å². The number of esters is 1. The van der Waals surface area contributed by atoms with Gasteiger partial charge in [-0.1, -0.05) is 149 Å². The molecule has 0 saturated heterocycles. The van der Waals surface area contributed by atoms with Gasteiger partial charge in [0.15, 0.2) is 17.7 Å². The average Bonchev–Trinajstić information content (AvgIpc) is 3.23. The minimum Gasteiger partial charge on any atom is -0.452 e. The Morgan fingerprint density at radius 1 is 0.509 bits per heavy atom. The van der Waals surface area contributed by atoms with E-state index in [9.17, 15) is 19.5 Å². The minimum atomic E-state index is -1.16. The number of hydrogen-bond donors (Lipinski definition) is 1. The van der Waals surface area contributed by atoms with Gasteiger partial charge in [0.05, 0.1) is 38.6 Å². The fraction of sp³-hybridized carbons (Fsp3) is 0.438. The van der Waals surface area contributed by atoms with Gasteiger partial charge in [0.1, 0.15) is 18.3 Å². The van der Waals surface area contributed by atoms with Crippen LogP contribution in [0.1, 0.15) is 69.7 Å². The normalized spacial score (nSPS) is 27.3. The summed E-state index contributed by atoms with van der Waals surface area (Å²) in [7, 11) is 0. The number of hydrogen-bond acceptors (Lipinski definition) is 9. The van der Waals surface area contributed by atoms with Crippen molar-refractivity contribution < 1.29 is 43.2 Å². The van der Waals surface area contributed by atoms with Gasteiger partial charge < -0.3 is 28.8 Å². The summed E-state index contributed by atoms with van der Waals surface area (Å²) in [5.41, 5.74) is 4.09. The molecule has 0 spiro atoms. The lowest BCUT2D eigenvalue weighted by Crippen LogP contribution is -2.58. The van der Waals surface area contributed by atoms with Gasteiger partial charge in [-0.05, 0) is 46.9 Å². The number of benzene rings is 4. The zero-order chi connectivity index (χ0) is 40.7. The third kappa shape index (κ3) is 11.8. The molecule has 304 valence electrons. The van der Waals surface area contributed by atoms with E-state index in [1.165, 1.54) is 6.92 Å². The summed E-state index contributed by atoms with van der Waals surface area (Å²) in [6.07, 6.45) is -2.82. The molecule has 2 fully saturated rings. The first kappa shape index (κ1) is 43.6. The molecule has 0 aromatic heterocycles. The first-order chi connectivity index (χ1) is 27.6. The highest BCUT2D eigenvalue weighted by Crippen LogP contribution is 2.37. The minimum absolute atomic E-state index is 0.0182. The molecule has 9 nitrogen and oxygen atoms in total. The zero-order valence-corrected chi connectivity index (χ0v) is 33.8. The molecule has 6 rings (SSSR count). The van der Waals surface area contributed by atoms with Crippen molar-refractivity contribution in [3.63, 3.8) is 0 Å². The first-order valence-corrected chi connectivity index (χ1v) is 20.2. The topological polar surface area (TPSA) is 118 Å². The Bertz CT molecular complexity index is 1800. The van der Waals surface area contributed by atoms with Crippen LogP contribution in [0, 0.1) is 23.7 Å². The lowest BCUT2D eigenvalue weighted by molar-refractivity contribution is -0.199. The van der Waals surface area contributed by atoms with Crippen LogP contribution in [0.4, 0.5) is 0 Å². The van der Waals surface area contributed by atoms with Crippen molar-refractivity contribution >= 4 is 17.5 Å². The van der Waals surface area contributed by atoms with Crippen LogP contribution in [-0.2, 0) is 64.5 Å². The smallest absolute Gasteiger partial charge is 0.303 e. The molecule has 0 amide bonds. The van der Waals surface area contributed by atoms with Gasteiger partial charge in [-0.15, -0.1) is 0 Å². The molecule has 2 aliphatic rings. The fourth-order valence-corrected chi connectivity index (χ4v) is 8.06. The molecule has 10 atom stereocenters. The van der Waals surface area contributed by atoms with Crippen LogP contribution in [0.2, 0.25) is 0 Å². The highest BCUT2D eigenvalue weighted by molar-refractivity contribution is 5.89. The summed E-state index contributed by atoms with van der Waals surface area (Å²) in [6, 6.07) is 39.3. The van der Waals surface area contributed by atoms with Crippen molar-refractivity contribution in [2.45, 2.75) is 111 Å². The summed E-state index contributed by atoms with van der Waals surface area (Å²) in [6.45, 7) is 10.8. The van der Waals surface area contributed by atoms with E-state index in [2.05, 4.69) is 0 Å². The maximum atomic E-state index is 13.1. The predicted molar refractivity (Wildman–Crippen MR) is 218 cm³/mol. The largest absolute Gasteiger partial charge is 0.452 e. The van der Waals surface area contributed by atoms with E-state index in [4.69, 9.17) is 23.7 Å². The summed E-state index contributed by atoms with van der Waals surface area (Å²) in [4.78, 5) is 37.5. The monoisotopic (exact) mass is 778 g/mol. The molecule has 2 aliphatic carbocycles. The van der Waals surface area contributed by atoms with Gasteiger partial charge in [0, 0.05) is 18.8 Å². The molecule has 0 aliphatic heterocycles.